The zero-order valence-corrected chi connectivity index (χ0v) is 13.2. The summed E-state index contributed by atoms with van der Waals surface area (Å²) in [6.07, 6.45) is 2.68. The molecule has 0 aliphatic carbocycles. The van der Waals surface area contributed by atoms with Gasteiger partial charge in [-0.2, -0.15) is 0 Å². The van der Waals surface area contributed by atoms with E-state index in [4.69, 9.17) is 10.5 Å². The fourth-order valence-electron chi connectivity index (χ4n) is 2.55. The summed E-state index contributed by atoms with van der Waals surface area (Å²) in [6, 6.07) is 2.46. The van der Waals surface area contributed by atoms with E-state index < -0.39 is 0 Å². The standard InChI is InChI=1S/C13H21BrN2OS/c1-2-17-10-3-6-16(7-4-10)12(9-15)13-11(14)5-8-18-13/h5,8,10,12H,2-4,6-7,9,15H2,1H3. The van der Waals surface area contributed by atoms with E-state index in [9.17, 15) is 0 Å². The Balaban J connectivity index is 1.97. The van der Waals surface area contributed by atoms with Crippen LogP contribution in [0.5, 0.6) is 0 Å². The summed E-state index contributed by atoms with van der Waals surface area (Å²) < 4.78 is 6.88. The van der Waals surface area contributed by atoms with Gasteiger partial charge >= 0.3 is 0 Å². The molecule has 102 valence electrons. The number of likely N-dealkylation sites (tertiary alicyclic amines) is 1. The lowest BCUT2D eigenvalue weighted by Gasteiger charge is -2.36. The monoisotopic (exact) mass is 332 g/mol. The number of nitrogens with zero attached hydrogens (tertiary/aromatic N) is 1. The topological polar surface area (TPSA) is 38.5 Å². The van der Waals surface area contributed by atoms with E-state index in [2.05, 4.69) is 39.2 Å². The molecule has 0 saturated carbocycles. The molecule has 1 aromatic heterocycles. The first-order valence-electron chi connectivity index (χ1n) is 6.54. The minimum Gasteiger partial charge on any atom is -0.378 e. The lowest BCUT2D eigenvalue weighted by molar-refractivity contribution is 0.00482. The molecule has 1 fully saturated rings. The minimum atomic E-state index is 0.349. The number of thiophene rings is 1. The average molecular weight is 333 g/mol. The minimum absolute atomic E-state index is 0.349. The van der Waals surface area contributed by atoms with Gasteiger partial charge in [0.05, 0.1) is 12.1 Å². The summed E-state index contributed by atoms with van der Waals surface area (Å²) in [7, 11) is 0. The van der Waals surface area contributed by atoms with Crippen molar-refractivity contribution in [3.63, 3.8) is 0 Å². The summed E-state index contributed by atoms with van der Waals surface area (Å²) in [6.45, 7) is 5.73. The maximum atomic E-state index is 5.97. The van der Waals surface area contributed by atoms with Crippen molar-refractivity contribution in [3.8, 4) is 0 Å². The SMILES string of the molecule is CCOC1CCN(C(CN)c2sccc2Br)CC1. The van der Waals surface area contributed by atoms with Crippen LogP contribution >= 0.6 is 27.3 Å². The third-order valence-corrected chi connectivity index (χ3v) is 5.46. The van der Waals surface area contributed by atoms with Gasteiger partial charge in [0.25, 0.3) is 0 Å². The summed E-state index contributed by atoms with van der Waals surface area (Å²) in [4.78, 5) is 3.85. The number of ether oxygens (including phenoxy) is 1. The van der Waals surface area contributed by atoms with E-state index in [1.807, 2.05) is 0 Å². The maximum Gasteiger partial charge on any atom is 0.0599 e. The Labute approximate surface area is 121 Å². The van der Waals surface area contributed by atoms with Gasteiger partial charge < -0.3 is 10.5 Å². The number of nitrogens with two attached hydrogens (primary N) is 1. The molecule has 2 rings (SSSR count). The van der Waals surface area contributed by atoms with Gasteiger partial charge in [-0.25, -0.2) is 0 Å². The van der Waals surface area contributed by atoms with Crippen LogP contribution in [-0.2, 0) is 4.74 Å². The molecule has 3 nitrogen and oxygen atoms in total. The Morgan fingerprint density at radius 2 is 2.28 bits per heavy atom. The van der Waals surface area contributed by atoms with Crippen LogP contribution in [0.15, 0.2) is 15.9 Å². The molecule has 2 heterocycles. The third-order valence-electron chi connectivity index (χ3n) is 3.49. The van der Waals surface area contributed by atoms with Gasteiger partial charge in [0.1, 0.15) is 0 Å². The van der Waals surface area contributed by atoms with E-state index in [0.717, 1.165) is 32.5 Å². The van der Waals surface area contributed by atoms with Crippen LogP contribution in [0.1, 0.15) is 30.7 Å². The molecule has 0 aromatic carbocycles. The smallest absolute Gasteiger partial charge is 0.0599 e. The van der Waals surface area contributed by atoms with Gasteiger partial charge in [0, 0.05) is 35.6 Å². The van der Waals surface area contributed by atoms with Crippen LogP contribution in [0.4, 0.5) is 0 Å². The zero-order chi connectivity index (χ0) is 13.0. The second kappa shape index (κ2) is 7.01. The van der Waals surface area contributed by atoms with Gasteiger partial charge in [-0.15, -0.1) is 11.3 Å². The van der Waals surface area contributed by atoms with Gasteiger partial charge in [0.2, 0.25) is 0 Å². The van der Waals surface area contributed by atoms with Gasteiger partial charge in [-0.1, -0.05) is 0 Å². The fraction of sp³-hybridized carbons (Fsp3) is 0.692. The number of rotatable bonds is 5. The molecule has 1 aliphatic heterocycles. The molecule has 1 aromatic rings. The van der Waals surface area contributed by atoms with Crippen LogP contribution < -0.4 is 5.73 Å². The van der Waals surface area contributed by atoms with Crippen molar-refractivity contribution in [1.82, 2.24) is 4.90 Å². The lowest BCUT2D eigenvalue weighted by Crippen LogP contribution is -2.41. The van der Waals surface area contributed by atoms with Crippen molar-refractivity contribution < 1.29 is 4.74 Å². The summed E-state index contributed by atoms with van der Waals surface area (Å²) >= 11 is 5.40. The lowest BCUT2D eigenvalue weighted by atomic mass is 10.0. The average Bonchev–Trinajstić information content (AvgIpc) is 2.79. The summed E-state index contributed by atoms with van der Waals surface area (Å²) in [5, 5.41) is 2.12. The Bertz CT molecular complexity index is 364. The highest BCUT2D eigenvalue weighted by Crippen LogP contribution is 2.33. The highest BCUT2D eigenvalue weighted by atomic mass is 79.9. The molecule has 0 radical (unpaired) electrons. The first-order chi connectivity index (χ1) is 8.76. The fourth-order valence-corrected chi connectivity index (χ4v) is 4.34. The van der Waals surface area contributed by atoms with Crippen LogP contribution in [-0.4, -0.2) is 37.2 Å². The highest BCUT2D eigenvalue weighted by molar-refractivity contribution is 9.10. The molecule has 1 unspecified atom stereocenters. The molecular formula is C13H21BrN2OS. The molecule has 1 saturated heterocycles. The molecule has 0 spiro atoms. The van der Waals surface area contributed by atoms with Gasteiger partial charge in [-0.05, 0) is 47.1 Å². The number of halogens is 1. The molecule has 2 N–H and O–H groups in total. The van der Waals surface area contributed by atoms with E-state index in [-0.39, 0.29) is 0 Å². The Morgan fingerprint density at radius 3 is 2.78 bits per heavy atom. The first kappa shape index (κ1) is 14.5. The highest BCUT2D eigenvalue weighted by Gasteiger charge is 2.27. The second-order valence-electron chi connectivity index (χ2n) is 4.57. The van der Waals surface area contributed by atoms with E-state index in [0.29, 0.717) is 18.7 Å². The number of hydrogen-bond acceptors (Lipinski definition) is 4. The normalized spacial score (nSPS) is 20.2. The summed E-state index contributed by atoms with van der Waals surface area (Å²) in [5.74, 6) is 0. The van der Waals surface area contributed by atoms with Crippen molar-refractivity contribution in [2.45, 2.75) is 31.9 Å². The molecule has 0 bridgehead atoms. The van der Waals surface area contributed by atoms with Gasteiger partial charge in [0.15, 0.2) is 0 Å². The molecule has 0 amide bonds. The van der Waals surface area contributed by atoms with Crippen molar-refractivity contribution in [2.24, 2.45) is 5.73 Å². The van der Waals surface area contributed by atoms with E-state index in [1.54, 1.807) is 11.3 Å². The molecule has 1 aliphatic rings. The van der Waals surface area contributed by atoms with E-state index >= 15 is 0 Å². The van der Waals surface area contributed by atoms with E-state index in [1.165, 1.54) is 9.35 Å². The van der Waals surface area contributed by atoms with Crippen LogP contribution in [0.25, 0.3) is 0 Å². The van der Waals surface area contributed by atoms with Crippen molar-refractivity contribution in [3.05, 3.63) is 20.8 Å². The zero-order valence-electron chi connectivity index (χ0n) is 10.8. The Hall–Kier alpha value is 0.0600. The first-order valence-corrected chi connectivity index (χ1v) is 8.22. The summed E-state index contributed by atoms with van der Waals surface area (Å²) in [5.41, 5.74) is 5.97. The van der Waals surface area contributed by atoms with Crippen molar-refractivity contribution in [1.29, 1.82) is 0 Å². The number of hydrogen-bond donors (Lipinski definition) is 1. The quantitative estimate of drug-likeness (QED) is 0.900. The predicted octanol–water partition coefficient (Wildman–Crippen LogP) is 3.01. The van der Waals surface area contributed by atoms with Gasteiger partial charge in [-0.3, -0.25) is 4.90 Å². The predicted molar refractivity (Wildman–Crippen MR) is 80.0 cm³/mol. The Kier molecular flexibility index (Phi) is 5.63. The molecular weight excluding hydrogens is 312 g/mol. The van der Waals surface area contributed by atoms with Crippen LogP contribution in [0.3, 0.4) is 0 Å². The molecule has 18 heavy (non-hydrogen) atoms. The third kappa shape index (κ3) is 3.33. The largest absolute Gasteiger partial charge is 0.378 e. The van der Waals surface area contributed by atoms with Crippen molar-refractivity contribution >= 4 is 27.3 Å². The second-order valence-corrected chi connectivity index (χ2v) is 6.38. The number of piperidine rings is 1. The molecule has 5 heteroatoms. The Morgan fingerprint density at radius 1 is 1.56 bits per heavy atom. The van der Waals surface area contributed by atoms with Crippen molar-refractivity contribution in [2.75, 3.05) is 26.2 Å². The maximum absolute atomic E-state index is 5.97. The molecule has 1 atom stereocenters. The van der Waals surface area contributed by atoms with Crippen LogP contribution in [0, 0.1) is 0 Å². The van der Waals surface area contributed by atoms with Crippen LogP contribution in [0.2, 0.25) is 0 Å².